The number of hydrogen-bond acceptors (Lipinski definition) is 2. The summed E-state index contributed by atoms with van der Waals surface area (Å²) in [5.74, 6) is -0.124. The van der Waals surface area contributed by atoms with E-state index in [1.807, 2.05) is 25.1 Å². The largest absolute Gasteiger partial charge is 0.353 e. The molecule has 1 aliphatic rings. The Morgan fingerprint density at radius 1 is 1.28 bits per heavy atom. The van der Waals surface area contributed by atoms with Crippen molar-refractivity contribution in [2.75, 3.05) is 0 Å². The quantitative estimate of drug-likeness (QED) is 0.826. The maximum absolute atomic E-state index is 11.8. The van der Waals surface area contributed by atoms with Gasteiger partial charge in [0.1, 0.15) is 0 Å². The Hall–Kier alpha value is -1.84. The van der Waals surface area contributed by atoms with Gasteiger partial charge < -0.3 is 10.6 Å². The summed E-state index contributed by atoms with van der Waals surface area (Å²) >= 11 is 0. The molecule has 1 fully saturated rings. The van der Waals surface area contributed by atoms with E-state index in [4.69, 9.17) is 0 Å². The smallest absolute Gasteiger partial charge is 0.251 e. The molecular weight excluding hydrogens is 228 g/mol. The molecule has 0 bridgehead atoms. The van der Waals surface area contributed by atoms with Crippen LogP contribution in [0.1, 0.15) is 36.5 Å². The van der Waals surface area contributed by atoms with Crippen molar-refractivity contribution in [2.24, 2.45) is 0 Å². The van der Waals surface area contributed by atoms with Gasteiger partial charge in [-0.3, -0.25) is 9.59 Å². The summed E-state index contributed by atoms with van der Waals surface area (Å²) in [6, 6.07) is 9.23. The average Bonchev–Trinajstić information content (AvgIpc) is 3.13. The summed E-state index contributed by atoms with van der Waals surface area (Å²) in [6.07, 6.45) is 2.49. The highest BCUT2D eigenvalue weighted by molar-refractivity contribution is 5.94. The van der Waals surface area contributed by atoms with Gasteiger partial charge in [-0.05, 0) is 31.9 Å². The minimum absolute atomic E-state index is 0.0124. The summed E-state index contributed by atoms with van der Waals surface area (Å²) in [5.41, 5.74) is 0.618. The fourth-order valence-corrected chi connectivity index (χ4v) is 1.74. The topological polar surface area (TPSA) is 58.2 Å². The van der Waals surface area contributed by atoms with Crippen LogP contribution in [0.4, 0.5) is 0 Å². The van der Waals surface area contributed by atoms with Crippen molar-refractivity contribution in [3.8, 4) is 0 Å². The van der Waals surface area contributed by atoms with E-state index in [0.29, 0.717) is 18.0 Å². The van der Waals surface area contributed by atoms with E-state index in [2.05, 4.69) is 10.6 Å². The van der Waals surface area contributed by atoms with E-state index < -0.39 is 0 Å². The van der Waals surface area contributed by atoms with E-state index >= 15 is 0 Å². The van der Waals surface area contributed by atoms with Gasteiger partial charge in [-0.1, -0.05) is 18.2 Å². The second-order valence-corrected chi connectivity index (χ2v) is 4.79. The Morgan fingerprint density at radius 2 is 1.94 bits per heavy atom. The molecule has 2 amide bonds. The van der Waals surface area contributed by atoms with E-state index in [0.717, 1.165) is 12.8 Å². The van der Waals surface area contributed by atoms with Gasteiger partial charge in [0.05, 0.1) is 0 Å². The monoisotopic (exact) mass is 246 g/mol. The lowest BCUT2D eigenvalue weighted by atomic mass is 10.1. The molecule has 4 heteroatoms. The zero-order valence-electron chi connectivity index (χ0n) is 10.5. The minimum Gasteiger partial charge on any atom is -0.353 e. The number of hydrogen-bond donors (Lipinski definition) is 2. The Morgan fingerprint density at radius 3 is 2.56 bits per heavy atom. The van der Waals surface area contributed by atoms with Gasteiger partial charge in [-0.2, -0.15) is 0 Å². The molecule has 2 N–H and O–H groups in total. The second kappa shape index (κ2) is 5.67. The van der Waals surface area contributed by atoms with Crippen molar-refractivity contribution in [1.82, 2.24) is 10.6 Å². The first-order valence-corrected chi connectivity index (χ1v) is 6.30. The van der Waals surface area contributed by atoms with Crippen molar-refractivity contribution < 1.29 is 9.59 Å². The van der Waals surface area contributed by atoms with E-state index in [1.54, 1.807) is 12.1 Å². The van der Waals surface area contributed by atoms with Crippen LogP contribution in [0.3, 0.4) is 0 Å². The van der Waals surface area contributed by atoms with Crippen LogP contribution in [-0.4, -0.2) is 23.9 Å². The number of amides is 2. The number of carbonyl (C=O) groups is 2. The molecule has 0 saturated heterocycles. The van der Waals surface area contributed by atoms with E-state index in [-0.39, 0.29) is 17.9 Å². The fraction of sp³-hybridized carbons (Fsp3) is 0.429. The molecular formula is C14H18N2O2. The Bertz CT molecular complexity index is 427. The molecule has 0 aromatic heterocycles. The highest BCUT2D eigenvalue weighted by Crippen LogP contribution is 2.18. The molecule has 1 atom stereocenters. The standard InChI is InChI=1S/C14H18N2O2/c1-10(9-13(17)16-12-7-8-12)15-14(18)11-5-3-2-4-6-11/h2-6,10,12H,7-9H2,1H3,(H,15,18)(H,16,17). The molecule has 0 heterocycles. The van der Waals surface area contributed by atoms with Crippen molar-refractivity contribution in [3.63, 3.8) is 0 Å². The third-order valence-electron chi connectivity index (χ3n) is 2.85. The third-order valence-corrected chi connectivity index (χ3v) is 2.85. The van der Waals surface area contributed by atoms with Crippen LogP contribution in [0.2, 0.25) is 0 Å². The first-order valence-electron chi connectivity index (χ1n) is 6.30. The molecule has 96 valence electrons. The maximum Gasteiger partial charge on any atom is 0.251 e. The van der Waals surface area contributed by atoms with Gasteiger partial charge in [0.2, 0.25) is 5.91 Å². The number of carbonyl (C=O) groups excluding carboxylic acids is 2. The van der Waals surface area contributed by atoms with Gasteiger partial charge >= 0.3 is 0 Å². The fourth-order valence-electron chi connectivity index (χ4n) is 1.74. The number of nitrogens with one attached hydrogen (secondary N) is 2. The predicted octanol–water partition coefficient (Wildman–Crippen LogP) is 1.47. The van der Waals surface area contributed by atoms with E-state index in [1.165, 1.54) is 0 Å². The zero-order chi connectivity index (χ0) is 13.0. The van der Waals surface area contributed by atoms with Crippen LogP contribution in [0.15, 0.2) is 30.3 Å². The summed E-state index contributed by atoms with van der Waals surface area (Å²) < 4.78 is 0. The second-order valence-electron chi connectivity index (χ2n) is 4.79. The first kappa shape index (κ1) is 12.6. The van der Waals surface area contributed by atoms with Gasteiger partial charge in [-0.25, -0.2) is 0 Å². The molecule has 0 radical (unpaired) electrons. The summed E-state index contributed by atoms with van der Waals surface area (Å²) in [6.45, 7) is 1.84. The average molecular weight is 246 g/mol. The third kappa shape index (κ3) is 3.87. The van der Waals surface area contributed by atoms with Crippen molar-refractivity contribution in [2.45, 2.75) is 38.3 Å². The molecule has 0 spiro atoms. The maximum atomic E-state index is 11.8. The highest BCUT2D eigenvalue weighted by Gasteiger charge is 2.24. The predicted molar refractivity (Wildman–Crippen MR) is 69.2 cm³/mol. The molecule has 1 aromatic carbocycles. The SMILES string of the molecule is CC(CC(=O)NC1CC1)NC(=O)c1ccccc1. The lowest BCUT2D eigenvalue weighted by Gasteiger charge is -2.13. The molecule has 4 nitrogen and oxygen atoms in total. The van der Waals surface area contributed by atoms with Crippen molar-refractivity contribution in [3.05, 3.63) is 35.9 Å². The molecule has 1 unspecified atom stereocenters. The highest BCUT2D eigenvalue weighted by atomic mass is 16.2. The zero-order valence-corrected chi connectivity index (χ0v) is 10.5. The number of rotatable bonds is 5. The van der Waals surface area contributed by atoms with Gasteiger partial charge in [0.15, 0.2) is 0 Å². The molecule has 1 saturated carbocycles. The lowest BCUT2D eigenvalue weighted by Crippen LogP contribution is -2.37. The van der Waals surface area contributed by atoms with Crippen molar-refractivity contribution in [1.29, 1.82) is 0 Å². The van der Waals surface area contributed by atoms with Gasteiger partial charge in [0.25, 0.3) is 5.91 Å². The molecule has 18 heavy (non-hydrogen) atoms. The van der Waals surface area contributed by atoms with Crippen LogP contribution in [0.25, 0.3) is 0 Å². The van der Waals surface area contributed by atoms with Crippen molar-refractivity contribution >= 4 is 11.8 Å². The molecule has 0 aliphatic heterocycles. The lowest BCUT2D eigenvalue weighted by molar-refractivity contribution is -0.121. The van der Waals surface area contributed by atoms with Crippen LogP contribution < -0.4 is 10.6 Å². The molecule has 1 aromatic rings. The summed E-state index contributed by atoms with van der Waals surface area (Å²) in [5, 5.41) is 5.73. The number of benzene rings is 1. The van der Waals surface area contributed by atoms with Crippen LogP contribution in [-0.2, 0) is 4.79 Å². The molecule has 2 rings (SSSR count). The summed E-state index contributed by atoms with van der Waals surface area (Å²) in [4.78, 5) is 23.4. The van der Waals surface area contributed by atoms with E-state index in [9.17, 15) is 9.59 Å². The Labute approximate surface area is 107 Å². The van der Waals surface area contributed by atoms with Gasteiger partial charge in [0, 0.05) is 24.1 Å². The minimum atomic E-state index is -0.156. The molecule has 1 aliphatic carbocycles. The van der Waals surface area contributed by atoms with Crippen LogP contribution >= 0.6 is 0 Å². The van der Waals surface area contributed by atoms with Gasteiger partial charge in [-0.15, -0.1) is 0 Å². The van der Waals surface area contributed by atoms with Crippen LogP contribution in [0.5, 0.6) is 0 Å². The Kier molecular flexibility index (Phi) is 3.97. The normalized spacial score (nSPS) is 15.8. The first-order chi connectivity index (χ1) is 8.65. The Balaban J connectivity index is 1.77. The van der Waals surface area contributed by atoms with Crippen LogP contribution in [0, 0.1) is 0 Å². The summed E-state index contributed by atoms with van der Waals surface area (Å²) in [7, 11) is 0.